The second kappa shape index (κ2) is 9.80. The van der Waals surface area contributed by atoms with Crippen molar-refractivity contribution >= 4 is 35.0 Å². The molecule has 174 valence electrons. The molecule has 0 fully saturated rings. The first-order valence-electron chi connectivity index (χ1n) is 10.5. The van der Waals surface area contributed by atoms with Crippen LogP contribution in [0.25, 0.3) is 0 Å². The van der Waals surface area contributed by atoms with Crippen LogP contribution in [0.4, 0.5) is 0 Å². The summed E-state index contributed by atoms with van der Waals surface area (Å²) in [5.41, 5.74) is 9.35. The van der Waals surface area contributed by atoms with Crippen LogP contribution in [0, 0.1) is 6.92 Å². The van der Waals surface area contributed by atoms with Crippen molar-refractivity contribution < 1.29 is 23.9 Å². The van der Waals surface area contributed by atoms with Crippen molar-refractivity contribution in [3.05, 3.63) is 87.3 Å². The average Bonchev–Trinajstić information content (AvgIpc) is 3.18. The summed E-state index contributed by atoms with van der Waals surface area (Å²) in [7, 11) is 0. The largest absolute Gasteiger partial charge is 0.507 e. The van der Waals surface area contributed by atoms with Crippen molar-refractivity contribution in [2.45, 2.75) is 26.2 Å². The Balaban J connectivity index is 1.48. The molecule has 0 saturated carbocycles. The minimum Gasteiger partial charge on any atom is -0.507 e. The zero-order chi connectivity index (χ0) is 24.2. The smallest absolute Gasteiger partial charge is 0.305 e. The van der Waals surface area contributed by atoms with Gasteiger partial charge in [-0.1, -0.05) is 23.7 Å². The summed E-state index contributed by atoms with van der Waals surface area (Å²) in [5, 5.41) is 14.6. The molecule has 0 bridgehead atoms. The Morgan fingerprint density at radius 2 is 1.68 bits per heavy atom. The van der Waals surface area contributed by atoms with Gasteiger partial charge in [-0.15, -0.1) is 0 Å². The van der Waals surface area contributed by atoms with E-state index in [0.29, 0.717) is 46.0 Å². The van der Waals surface area contributed by atoms with Crippen LogP contribution in [0.1, 0.15) is 61.0 Å². The molecule has 1 aliphatic carbocycles. The fourth-order valence-corrected chi connectivity index (χ4v) is 3.81. The molecule has 0 unspecified atom stereocenters. The van der Waals surface area contributed by atoms with E-state index in [1.54, 1.807) is 31.2 Å². The number of furan rings is 1. The monoisotopic (exact) mass is 480 g/mol. The molecule has 3 amide bonds. The van der Waals surface area contributed by atoms with Crippen LogP contribution in [0.5, 0.6) is 5.75 Å². The molecule has 0 aliphatic heterocycles. The predicted octanol–water partition coefficient (Wildman–Crippen LogP) is 3.49. The first kappa shape index (κ1) is 23.1. The van der Waals surface area contributed by atoms with Crippen LogP contribution in [0.3, 0.4) is 0 Å². The molecular weight excluding hydrogens is 460 g/mol. The van der Waals surface area contributed by atoms with Gasteiger partial charge >= 0.3 is 5.91 Å². The third kappa shape index (κ3) is 4.79. The number of aromatic hydroxyl groups is 1. The molecule has 1 heterocycles. The minimum atomic E-state index is -0.619. The summed E-state index contributed by atoms with van der Waals surface area (Å²) in [4.78, 5) is 37.3. The van der Waals surface area contributed by atoms with Crippen molar-refractivity contribution in [3.8, 4) is 5.75 Å². The molecular formula is C24H21ClN4O5. The van der Waals surface area contributed by atoms with Crippen LogP contribution < -0.4 is 16.3 Å². The van der Waals surface area contributed by atoms with Crippen molar-refractivity contribution in [3.63, 3.8) is 0 Å². The number of nitrogens with one attached hydrogen (secondary N) is 3. The van der Waals surface area contributed by atoms with E-state index in [1.807, 2.05) is 0 Å². The number of hydrazine groups is 1. The van der Waals surface area contributed by atoms with Gasteiger partial charge in [0.1, 0.15) is 11.5 Å². The number of aryl methyl sites for hydroxylation is 1. The number of carbonyl (C=O) groups is 3. The molecule has 0 spiro atoms. The summed E-state index contributed by atoms with van der Waals surface area (Å²) in [6.45, 7) is 1.71. The number of rotatable bonds is 4. The lowest BCUT2D eigenvalue weighted by molar-refractivity contribution is 0.0829. The van der Waals surface area contributed by atoms with E-state index in [1.165, 1.54) is 24.3 Å². The van der Waals surface area contributed by atoms with Gasteiger partial charge in [-0.05, 0) is 56.2 Å². The number of nitrogens with zero attached hydrogens (tertiary/aromatic N) is 1. The summed E-state index contributed by atoms with van der Waals surface area (Å²) >= 11 is 5.82. The summed E-state index contributed by atoms with van der Waals surface area (Å²) in [6.07, 6.45) is 1.90. The molecule has 1 aliphatic rings. The van der Waals surface area contributed by atoms with Crippen LogP contribution in [-0.4, -0.2) is 28.5 Å². The number of phenols is 1. The highest BCUT2D eigenvalue weighted by molar-refractivity contribution is 6.30. The number of carbonyl (C=O) groups excluding carboxylic acids is 3. The number of fused-ring (bicyclic) bond motifs is 1. The zero-order valence-electron chi connectivity index (χ0n) is 18.1. The first-order chi connectivity index (χ1) is 16.3. The maximum Gasteiger partial charge on any atom is 0.305 e. The Hall–Kier alpha value is -4.11. The van der Waals surface area contributed by atoms with Crippen LogP contribution >= 0.6 is 11.6 Å². The van der Waals surface area contributed by atoms with E-state index in [4.69, 9.17) is 16.0 Å². The van der Waals surface area contributed by atoms with Gasteiger partial charge in [0.15, 0.2) is 5.76 Å². The lowest BCUT2D eigenvalue weighted by Gasteiger charge is -2.13. The Morgan fingerprint density at radius 3 is 2.41 bits per heavy atom. The lowest BCUT2D eigenvalue weighted by atomic mass is 9.93. The number of phenolic OH excluding ortho intramolecular Hbond substituents is 1. The second-order valence-electron chi connectivity index (χ2n) is 7.64. The summed E-state index contributed by atoms with van der Waals surface area (Å²) in [6, 6.07) is 12.4. The van der Waals surface area contributed by atoms with Crippen LogP contribution in [0.15, 0.2) is 58.0 Å². The van der Waals surface area contributed by atoms with E-state index >= 15 is 0 Å². The Labute approximate surface area is 199 Å². The number of halogens is 1. The molecule has 3 aromatic rings. The molecule has 0 radical (unpaired) electrons. The zero-order valence-corrected chi connectivity index (χ0v) is 18.9. The lowest BCUT2D eigenvalue weighted by Crippen LogP contribution is -2.41. The average molecular weight is 481 g/mol. The molecule has 4 rings (SSSR count). The fourth-order valence-electron chi connectivity index (χ4n) is 3.68. The van der Waals surface area contributed by atoms with E-state index < -0.39 is 17.7 Å². The third-order valence-electron chi connectivity index (χ3n) is 5.37. The summed E-state index contributed by atoms with van der Waals surface area (Å²) < 4.78 is 5.78. The Kier molecular flexibility index (Phi) is 6.65. The number of benzene rings is 2. The molecule has 2 aromatic carbocycles. The van der Waals surface area contributed by atoms with E-state index in [0.717, 1.165) is 6.42 Å². The molecule has 1 aromatic heterocycles. The molecule has 34 heavy (non-hydrogen) atoms. The molecule has 4 N–H and O–H groups in total. The Bertz CT molecular complexity index is 1300. The van der Waals surface area contributed by atoms with Gasteiger partial charge in [0, 0.05) is 28.1 Å². The van der Waals surface area contributed by atoms with Gasteiger partial charge in [-0.3, -0.25) is 25.2 Å². The van der Waals surface area contributed by atoms with Crippen molar-refractivity contribution in [1.82, 2.24) is 16.3 Å². The maximum atomic E-state index is 12.7. The minimum absolute atomic E-state index is 0.0445. The van der Waals surface area contributed by atoms with Gasteiger partial charge in [-0.25, -0.2) is 5.43 Å². The number of hydrazone groups is 1. The van der Waals surface area contributed by atoms with Gasteiger partial charge in [-0.2, -0.15) is 5.10 Å². The van der Waals surface area contributed by atoms with Crippen molar-refractivity contribution in [2.24, 2.45) is 5.10 Å². The summed E-state index contributed by atoms with van der Waals surface area (Å²) in [5.74, 6) is -1.21. The topological polar surface area (TPSA) is 133 Å². The van der Waals surface area contributed by atoms with Crippen molar-refractivity contribution in [1.29, 1.82) is 0 Å². The predicted molar refractivity (Wildman–Crippen MR) is 125 cm³/mol. The van der Waals surface area contributed by atoms with Gasteiger partial charge in [0.2, 0.25) is 0 Å². The highest BCUT2D eigenvalue weighted by atomic mass is 35.5. The van der Waals surface area contributed by atoms with Gasteiger partial charge in [0.05, 0.1) is 11.3 Å². The SMILES string of the molecule is Cc1c(C(=O)NNC(=O)c2ccc(Cl)cc2)oc2c1/C(=N/NC(=O)c1ccccc1O)CCC2. The molecule has 10 heteroatoms. The molecule has 0 saturated heterocycles. The fraction of sp³-hybridized carbons (Fsp3) is 0.167. The third-order valence-corrected chi connectivity index (χ3v) is 5.62. The normalized spacial score (nSPS) is 13.8. The highest BCUT2D eigenvalue weighted by Gasteiger charge is 2.28. The molecule has 0 atom stereocenters. The van der Waals surface area contributed by atoms with Gasteiger partial charge < -0.3 is 9.52 Å². The van der Waals surface area contributed by atoms with Gasteiger partial charge in [0.25, 0.3) is 11.8 Å². The second-order valence-corrected chi connectivity index (χ2v) is 8.08. The quantitative estimate of drug-likeness (QED) is 0.424. The number of hydrogen-bond donors (Lipinski definition) is 4. The number of hydrogen-bond acceptors (Lipinski definition) is 6. The van der Waals surface area contributed by atoms with Crippen LogP contribution in [0.2, 0.25) is 5.02 Å². The Morgan fingerprint density at radius 1 is 0.971 bits per heavy atom. The number of amides is 3. The highest BCUT2D eigenvalue weighted by Crippen LogP contribution is 2.30. The van der Waals surface area contributed by atoms with Crippen LogP contribution in [-0.2, 0) is 6.42 Å². The van der Waals surface area contributed by atoms with E-state index in [9.17, 15) is 19.5 Å². The van der Waals surface area contributed by atoms with E-state index in [-0.39, 0.29) is 17.1 Å². The molecule has 9 nitrogen and oxygen atoms in total. The standard InChI is InChI=1S/C24H21ClN4O5/c1-13-20-17(26-28-23(32)16-5-2-3-7-18(16)30)6-4-8-19(20)34-21(13)24(33)29-27-22(31)14-9-11-15(25)12-10-14/h2-3,5,7,9-12,30H,4,6,8H2,1H3,(H,27,31)(H,28,32)(H,29,33)/b26-17+. The maximum absolute atomic E-state index is 12.7. The number of para-hydroxylation sites is 1. The van der Waals surface area contributed by atoms with E-state index in [2.05, 4.69) is 21.4 Å². The van der Waals surface area contributed by atoms with Crippen molar-refractivity contribution in [2.75, 3.05) is 0 Å². The first-order valence-corrected chi connectivity index (χ1v) is 10.9.